The van der Waals surface area contributed by atoms with Crippen molar-refractivity contribution in [2.24, 2.45) is 16.8 Å². The van der Waals surface area contributed by atoms with Crippen LogP contribution in [0.3, 0.4) is 0 Å². The van der Waals surface area contributed by atoms with Gasteiger partial charge in [-0.05, 0) is 18.8 Å². The van der Waals surface area contributed by atoms with Gasteiger partial charge in [0, 0.05) is 38.6 Å². The Bertz CT molecular complexity index is 437. The Balaban J connectivity index is 0.00000200. The molecule has 4 N–H and O–H groups in total. The summed E-state index contributed by atoms with van der Waals surface area (Å²) < 4.78 is 23.5. The molecule has 20 heavy (non-hydrogen) atoms. The Hall–Kier alpha value is -0.410. The van der Waals surface area contributed by atoms with E-state index in [0.717, 1.165) is 19.3 Å². The molecule has 1 aliphatic carbocycles. The highest BCUT2D eigenvalue weighted by molar-refractivity contribution is 7.86. The molecule has 1 heterocycles. The minimum atomic E-state index is -3.63. The lowest BCUT2D eigenvalue weighted by Gasteiger charge is -2.33. The molecule has 1 saturated carbocycles. The molecule has 2 rings (SSSR count). The molecule has 0 aromatic heterocycles. The van der Waals surface area contributed by atoms with Gasteiger partial charge in [0.2, 0.25) is 5.91 Å². The van der Waals surface area contributed by atoms with E-state index in [1.807, 2.05) is 0 Å². The van der Waals surface area contributed by atoms with Crippen molar-refractivity contribution in [1.29, 1.82) is 0 Å². The zero-order valence-electron chi connectivity index (χ0n) is 11.4. The van der Waals surface area contributed by atoms with Gasteiger partial charge in [0.1, 0.15) is 0 Å². The molecule has 1 saturated heterocycles. The first-order valence-corrected chi connectivity index (χ1v) is 8.19. The first-order valence-electron chi connectivity index (χ1n) is 6.69. The van der Waals surface area contributed by atoms with E-state index in [0.29, 0.717) is 19.5 Å². The third kappa shape index (κ3) is 4.29. The summed E-state index contributed by atoms with van der Waals surface area (Å²) in [7, 11) is -3.63. The largest absolute Gasteiger partial charge is 0.340 e. The first-order chi connectivity index (χ1) is 8.88. The van der Waals surface area contributed by atoms with Gasteiger partial charge in [-0.15, -0.1) is 12.4 Å². The van der Waals surface area contributed by atoms with Gasteiger partial charge in [-0.1, -0.05) is 6.42 Å². The van der Waals surface area contributed by atoms with Crippen molar-refractivity contribution in [2.45, 2.75) is 31.7 Å². The normalized spacial score (nSPS) is 28.2. The van der Waals surface area contributed by atoms with Crippen LogP contribution in [-0.4, -0.2) is 55.8 Å². The van der Waals surface area contributed by atoms with Crippen LogP contribution in [0.15, 0.2) is 0 Å². The van der Waals surface area contributed by atoms with Crippen LogP contribution < -0.4 is 10.9 Å². The highest BCUT2D eigenvalue weighted by Crippen LogP contribution is 2.27. The van der Waals surface area contributed by atoms with Crippen molar-refractivity contribution in [1.82, 2.24) is 9.21 Å². The van der Waals surface area contributed by atoms with Gasteiger partial charge in [-0.3, -0.25) is 4.79 Å². The van der Waals surface area contributed by atoms with E-state index < -0.39 is 10.2 Å². The summed E-state index contributed by atoms with van der Waals surface area (Å²) in [4.78, 5) is 13.8. The zero-order valence-corrected chi connectivity index (χ0v) is 13.0. The van der Waals surface area contributed by atoms with E-state index in [1.54, 1.807) is 4.90 Å². The smallest absolute Gasteiger partial charge is 0.277 e. The molecule has 1 aliphatic heterocycles. The zero-order chi connectivity index (χ0) is 14.0. The third-order valence-corrected chi connectivity index (χ3v) is 5.19. The summed E-state index contributed by atoms with van der Waals surface area (Å²) in [5, 5.41) is 5.06. The molecule has 2 fully saturated rings. The molecule has 0 aromatic rings. The minimum absolute atomic E-state index is 0. The second kappa shape index (κ2) is 7.04. The molecule has 2 atom stereocenters. The lowest BCUT2D eigenvalue weighted by molar-refractivity contribution is -0.133. The van der Waals surface area contributed by atoms with Gasteiger partial charge >= 0.3 is 0 Å². The molecule has 2 aliphatic rings. The maximum Gasteiger partial charge on any atom is 0.277 e. The predicted octanol–water partition coefficient (Wildman–Crippen LogP) is -0.727. The average molecular weight is 327 g/mol. The maximum absolute atomic E-state index is 12.1. The van der Waals surface area contributed by atoms with E-state index in [-0.39, 0.29) is 43.4 Å². The van der Waals surface area contributed by atoms with Crippen molar-refractivity contribution in [3.8, 4) is 0 Å². The summed E-state index contributed by atoms with van der Waals surface area (Å²) in [5.74, 6) is 0.361. The van der Waals surface area contributed by atoms with Crippen LogP contribution in [0.4, 0.5) is 0 Å². The standard InChI is InChI=1S/C11H22N4O3S.ClH/c12-10-3-1-2-9(10)8-11(16)14-4-6-15(7-5-14)19(13,17)18;/h9-10H,1-8,12H2,(H2,13,17,18);1H/t9-,10+;/m0./s1. The summed E-state index contributed by atoms with van der Waals surface area (Å²) in [6, 6.07) is 0.134. The highest BCUT2D eigenvalue weighted by Gasteiger charge is 2.30. The molecular formula is C11H23ClN4O3S. The molecule has 0 unspecified atom stereocenters. The SMILES string of the molecule is Cl.N[C@@H]1CCC[C@H]1CC(=O)N1CCN(S(N)(=O)=O)CC1. The van der Waals surface area contributed by atoms with Gasteiger partial charge in [-0.2, -0.15) is 12.7 Å². The van der Waals surface area contributed by atoms with Crippen LogP contribution in [0.25, 0.3) is 0 Å². The van der Waals surface area contributed by atoms with E-state index in [9.17, 15) is 13.2 Å². The lowest BCUT2D eigenvalue weighted by Crippen LogP contribution is -2.52. The van der Waals surface area contributed by atoms with Crippen molar-refractivity contribution in [3.63, 3.8) is 0 Å². The summed E-state index contributed by atoms with van der Waals surface area (Å²) in [6.45, 7) is 1.39. The number of rotatable bonds is 3. The minimum Gasteiger partial charge on any atom is -0.340 e. The number of carbonyl (C=O) groups is 1. The second-order valence-electron chi connectivity index (χ2n) is 5.38. The van der Waals surface area contributed by atoms with Gasteiger partial charge < -0.3 is 10.6 Å². The number of halogens is 1. The molecule has 7 nitrogen and oxygen atoms in total. The molecule has 118 valence electrons. The van der Waals surface area contributed by atoms with Crippen LogP contribution >= 0.6 is 12.4 Å². The summed E-state index contributed by atoms with van der Waals surface area (Å²) in [5.41, 5.74) is 5.96. The van der Waals surface area contributed by atoms with Crippen LogP contribution in [0.5, 0.6) is 0 Å². The summed E-state index contributed by atoms with van der Waals surface area (Å²) in [6.07, 6.45) is 3.59. The number of hydrogen-bond donors (Lipinski definition) is 2. The van der Waals surface area contributed by atoms with Crippen molar-refractivity contribution in [3.05, 3.63) is 0 Å². The van der Waals surface area contributed by atoms with Gasteiger partial charge in [-0.25, -0.2) is 5.14 Å². The molecule has 0 spiro atoms. The number of nitrogens with zero attached hydrogens (tertiary/aromatic N) is 2. The molecule has 0 aromatic carbocycles. The fourth-order valence-corrected chi connectivity index (χ4v) is 3.54. The van der Waals surface area contributed by atoms with E-state index in [2.05, 4.69) is 0 Å². The molecular weight excluding hydrogens is 304 g/mol. The molecule has 0 radical (unpaired) electrons. The maximum atomic E-state index is 12.1. The van der Waals surface area contributed by atoms with E-state index in [4.69, 9.17) is 10.9 Å². The summed E-state index contributed by atoms with van der Waals surface area (Å²) >= 11 is 0. The van der Waals surface area contributed by atoms with E-state index in [1.165, 1.54) is 4.31 Å². The van der Waals surface area contributed by atoms with Crippen LogP contribution in [0.2, 0.25) is 0 Å². The Morgan fingerprint density at radius 2 is 1.75 bits per heavy atom. The van der Waals surface area contributed by atoms with E-state index >= 15 is 0 Å². The lowest BCUT2D eigenvalue weighted by atomic mass is 9.99. The van der Waals surface area contributed by atoms with Crippen LogP contribution in [0.1, 0.15) is 25.7 Å². The fourth-order valence-electron chi connectivity index (χ4n) is 2.86. The van der Waals surface area contributed by atoms with Gasteiger partial charge in [0.05, 0.1) is 0 Å². The molecule has 9 heteroatoms. The van der Waals surface area contributed by atoms with Gasteiger partial charge in [0.25, 0.3) is 10.2 Å². The molecule has 0 bridgehead atoms. The number of hydrogen-bond acceptors (Lipinski definition) is 4. The third-order valence-electron chi connectivity index (χ3n) is 4.11. The first kappa shape index (κ1) is 17.6. The number of amides is 1. The van der Waals surface area contributed by atoms with Gasteiger partial charge in [0.15, 0.2) is 0 Å². The van der Waals surface area contributed by atoms with Crippen molar-refractivity contribution >= 4 is 28.5 Å². The number of nitrogens with two attached hydrogens (primary N) is 2. The van der Waals surface area contributed by atoms with Crippen molar-refractivity contribution < 1.29 is 13.2 Å². The molecule has 1 amide bonds. The highest BCUT2D eigenvalue weighted by atomic mass is 35.5. The topological polar surface area (TPSA) is 110 Å². The fraction of sp³-hybridized carbons (Fsp3) is 0.909. The van der Waals surface area contributed by atoms with Crippen molar-refractivity contribution in [2.75, 3.05) is 26.2 Å². The Kier molecular flexibility index (Phi) is 6.21. The predicted molar refractivity (Wildman–Crippen MR) is 78.4 cm³/mol. The Morgan fingerprint density at radius 3 is 2.20 bits per heavy atom. The van der Waals surface area contributed by atoms with Crippen LogP contribution in [-0.2, 0) is 15.0 Å². The Morgan fingerprint density at radius 1 is 1.15 bits per heavy atom. The Labute approximate surface area is 126 Å². The number of carbonyl (C=O) groups excluding carboxylic acids is 1. The van der Waals surface area contributed by atoms with Crippen LogP contribution in [0, 0.1) is 5.92 Å². The second-order valence-corrected chi connectivity index (χ2v) is 6.93. The monoisotopic (exact) mass is 326 g/mol. The average Bonchev–Trinajstić information content (AvgIpc) is 2.74. The quantitative estimate of drug-likeness (QED) is 0.712. The number of piperazine rings is 1.